The molecule has 3 rings (SSSR count). The lowest BCUT2D eigenvalue weighted by molar-refractivity contribution is 0.0957. The molecule has 1 amide bonds. The maximum atomic E-state index is 12.4. The van der Waals surface area contributed by atoms with Crippen LogP contribution in [0.4, 0.5) is 4.39 Å². The molecule has 0 saturated carbocycles. The minimum absolute atomic E-state index is 0.0666. The van der Waals surface area contributed by atoms with Crippen LogP contribution in [0.15, 0.2) is 63.7 Å². The zero-order valence-corrected chi connectivity index (χ0v) is 19.4. The summed E-state index contributed by atoms with van der Waals surface area (Å²) in [6, 6.07) is 11.1. The molecule has 0 bridgehead atoms. The number of oxazole rings is 1. The number of benzene rings is 2. The third-order valence-corrected chi connectivity index (χ3v) is 5.52. The summed E-state index contributed by atoms with van der Waals surface area (Å²) in [4.78, 5) is 16.4. The van der Waals surface area contributed by atoms with E-state index in [-0.39, 0.29) is 23.9 Å². The Morgan fingerprint density at radius 3 is 2.52 bits per heavy atom. The maximum absolute atomic E-state index is 12.4. The lowest BCUT2D eigenvalue weighted by atomic mass is 10.2. The van der Waals surface area contributed by atoms with Crippen molar-refractivity contribution in [1.82, 2.24) is 10.3 Å². The summed E-state index contributed by atoms with van der Waals surface area (Å²) in [5.74, 6) is 0.376. The Labute approximate surface area is 192 Å². The number of nitrogens with one attached hydrogen (secondary N) is 1. The van der Waals surface area contributed by atoms with Crippen molar-refractivity contribution in [3.05, 3.63) is 71.4 Å². The molecule has 0 aliphatic heterocycles. The number of carbonyl (C=O) groups is 1. The highest BCUT2D eigenvalue weighted by Gasteiger charge is 2.11. The van der Waals surface area contributed by atoms with Gasteiger partial charge in [-0.1, -0.05) is 31.0 Å². The molecular formula is C23H28FN3O5S. The van der Waals surface area contributed by atoms with E-state index in [1.54, 1.807) is 30.3 Å². The fraction of sp³-hybridized carbons (Fsp3) is 0.304. The fourth-order valence-corrected chi connectivity index (χ4v) is 3.19. The zero-order valence-electron chi connectivity index (χ0n) is 18.5. The number of nitrogens with zero attached hydrogens (tertiary/aromatic N) is 1. The van der Waals surface area contributed by atoms with E-state index in [9.17, 15) is 17.6 Å². The zero-order chi connectivity index (χ0) is 24.4. The van der Waals surface area contributed by atoms with Gasteiger partial charge in [0.1, 0.15) is 5.52 Å². The van der Waals surface area contributed by atoms with Crippen LogP contribution < -0.4 is 11.1 Å². The third kappa shape index (κ3) is 8.08. The Kier molecular flexibility index (Phi) is 9.71. The minimum Gasteiger partial charge on any atom is -0.441 e. The van der Waals surface area contributed by atoms with Crippen molar-refractivity contribution >= 4 is 27.1 Å². The molecule has 0 aliphatic rings. The number of halogens is 1. The van der Waals surface area contributed by atoms with Crippen molar-refractivity contribution in [3.8, 4) is 0 Å². The van der Waals surface area contributed by atoms with E-state index in [2.05, 4.69) is 17.2 Å². The molecule has 0 unspecified atom stereocenters. The van der Waals surface area contributed by atoms with Gasteiger partial charge in [0.2, 0.25) is 0 Å². The first kappa shape index (κ1) is 26.2. The Bertz CT molecular complexity index is 1200. The largest absolute Gasteiger partial charge is 0.441 e. The number of aryl methyl sites for hydroxylation is 2. The molecule has 3 aromatic rings. The monoisotopic (exact) mass is 477 g/mol. The van der Waals surface area contributed by atoms with Gasteiger partial charge in [-0.15, -0.1) is 0 Å². The highest BCUT2D eigenvalue weighted by molar-refractivity contribution is 7.85. The molecule has 1 heterocycles. The average molecular weight is 478 g/mol. The predicted molar refractivity (Wildman–Crippen MR) is 124 cm³/mol. The molecule has 0 saturated heterocycles. The summed E-state index contributed by atoms with van der Waals surface area (Å²) in [7, 11) is -4.02. The summed E-state index contributed by atoms with van der Waals surface area (Å²) >= 11 is 0. The van der Waals surface area contributed by atoms with E-state index < -0.39 is 10.1 Å². The molecule has 0 spiro atoms. The summed E-state index contributed by atoms with van der Waals surface area (Å²) in [5.41, 5.74) is 8.39. The molecule has 8 nitrogen and oxygen atoms in total. The van der Waals surface area contributed by atoms with E-state index in [1.165, 1.54) is 12.1 Å². The Morgan fingerprint density at radius 1 is 1.24 bits per heavy atom. The molecular weight excluding hydrogens is 449 g/mol. The standard InChI is InChI=1S/C16H20FN3O2.C7H8O3S/c1-2-3-4-15-20-13-6-5-12(7-14(13)22-15)16(21)19-10-11(8-17)9-18;1-6-2-4-7(5-3-6)11(8,9)10/h5-8H,2-4,9-10,18H2,1H3,(H,19,21);2-5H,1H3,(H,8,9,10)/b11-8+;. The van der Waals surface area contributed by atoms with Crippen molar-refractivity contribution < 1.29 is 26.6 Å². The summed E-state index contributed by atoms with van der Waals surface area (Å²) in [6.45, 7) is 4.10. The van der Waals surface area contributed by atoms with Crippen LogP contribution in [0.5, 0.6) is 0 Å². The topological polar surface area (TPSA) is 136 Å². The van der Waals surface area contributed by atoms with Crippen molar-refractivity contribution in [2.24, 2.45) is 5.73 Å². The van der Waals surface area contributed by atoms with Crippen LogP contribution in [0.1, 0.15) is 41.6 Å². The highest BCUT2D eigenvalue weighted by Crippen LogP contribution is 2.18. The van der Waals surface area contributed by atoms with Crippen molar-refractivity contribution in [2.75, 3.05) is 13.1 Å². The van der Waals surface area contributed by atoms with Gasteiger partial charge >= 0.3 is 0 Å². The number of unbranched alkanes of at least 4 members (excludes halogenated alkanes) is 1. The second-order valence-electron chi connectivity index (χ2n) is 7.34. The van der Waals surface area contributed by atoms with Gasteiger partial charge in [0.25, 0.3) is 16.0 Å². The smallest absolute Gasteiger partial charge is 0.294 e. The van der Waals surface area contributed by atoms with Gasteiger partial charge in [-0.3, -0.25) is 9.35 Å². The van der Waals surface area contributed by atoms with Crippen LogP contribution >= 0.6 is 0 Å². The van der Waals surface area contributed by atoms with E-state index >= 15 is 0 Å². The van der Waals surface area contributed by atoms with Crippen molar-refractivity contribution in [1.29, 1.82) is 0 Å². The number of aromatic nitrogens is 1. The Hall–Kier alpha value is -3.08. The third-order valence-electron chi connectivity index (χ3n) is 4.65. The first-order valence-electron chi connectivity index (χ1n) is 10.4. The lowest BCUT2D eigenvalue weighted by Gasteiger charge is -2.05. The number of carbonyl (C=O) groups excluding carboxylic acids is 1. The number of nitrogens with two attached hydrogens (primary N) is 1. The Morgan fingerprint density at radius 2 is 1.94 bits per heavy atom. The number of fused-ring (bicyclic) bond motifs is 1. The molecule has 0 fully saturated rings. The van der Waals surface area contributed by atoms with E-state index in [1.807, 2.05) is 6.92 Å². The van der Waals surface area contributed by atoms with Gasteiger partial charge < -0.3 is 15.5 Å². The maximum Gasteiger partial charge on any atom is 0.294 e. The van der Waals surface area contributed by atoms with Gasteiger partial charge in [0.05, 0.1) is 11.2 Å². The van der Waals surface area contributed by atoms with Gasteiger partial charge in [-0.25, -0.2) is 9.37 Å². The van der Waals surface area contributed by atoms with Gasteiger partial charge in [0, 0.05) is 25.1 Å². The molecule has 178 valence electrons. The van der Waals surface area contributed by atoms with Gasteiger partial charge in [0.15, 0.2) is 11.5 Å². The second-order valence-corrected chi connectivity index (χ2v) is 8.76. The molecule has 0 atom stereocenters. The SMILES string of the molecule is CCCCc1nc2ccc(C(=O)NC/C(=C/F)CN)cc2o1.Cc1ccc(S(=O)(=O)O)cc1. The van der Waals surface area contributed by atoms with Crippen molar-refractivity contribution in [2.45, 2.75) is 38.0 Å². The highest BCUT2D eigenvalue weighted by atomic mass is 32.2. The first-order valence-corrected chi connectivity index (χ1v) is 11.8. The average Bonchev–Trinajstić information content (AvgIpc) is 3.20. The van der Waals surface area contributed by atoms with E-state index in [0.717, 1.165) is 30.3 Å². The second kappa shape index (κ2) is 12.2. The van der Waals surface area contributed by atoms with E-state index in [4.69, 9.17) is 14.7 Å². The predicted octanol–water partition coefficient (Wildman–Crippen LogP) is 3.95. The molecule has 0 radical (unpaired) electrons. The fourth-order valence-electron chi connectivity index (χ4n) is 2.71. The quantitative estimate of drug-likeness (QED) is 0.418. The number of rotatable bonds is 8. The van der Waals surface area contributed by atoms with Crippen LogP contribution in [0, 0.1) is 6.92 Å². The van der Waals surface area contributed by atoms with Crippen molar-refractivity contribution in [3.63, 3.8) is 0 Å². The van der Waals surface area contributed by atoms with Crippen LogP contribution in [0.3, 0.4) is 0 Å². The summed E-state index contributed by atoms with van der Waals surface area (Å²) in [5, 5.41) is 2.62. The van der Waals surface area contributed by atoms with E-state index in [0.29, 0.717) is 28.9 Å². The number of amides is 1. The summed E-state index contributed by atoms with van der Waals surface area (Å²) < 4.78 is 47.6. The van der Waals surface area contributed by atoms with Gasteiger partial charge in [-0.05, 0) is 49.2 Å². The number of hydrogen-bond acceptors (Lipinski definition) is 6. The minimum atomic E-state index is -4.02. The van der Waals surface area contributed by atoms with Crippen LogP contribution in [0.25, 0.3) is 11.1 Å². The van der Waals surface area contributed by atoms with Crippen LogP contribution in [-0.4, -0.2) is 37.0 Å². The molecule has 1 aromatic heterocycles. The molecule has 2 aromatic carbocycles. The molecule has 4 N–H and O–H groups in total. The summed E-state index contributed by atoms with van der Waals surface area (Å²) in [6.07, 6.45) is 3.28. The first-order chi connectivity index (χ1) is 15.7. The molecule has 33 heavy (non-hydrogen) atoms. The van der Waals surface area contributed by atoms with Gasteiger partial charge in [-0.2, -0.15) is 8.42 Å². The Balaban J connectivity index is 0.000000294. The van der Waals surface area contributed by atoms with Crippen LogP contribution in [-0.2, 0) is 16.5 Å². The molecule has 0 aliphatic carbocycles. The normalized spacial score (nSPS) is 11.7. The van der Waals surface area contributed by atoms with Crippen LogP contribution in [0.2, 0.25) is 0 Å². The lowest BCUT2D eigenvalue weighted by Crippen LogP contribution is -2.27. The molecule has 10 heteroatoms. The number of hydrogen-bond donors (Lipinski definition) is 3.